The van der Waals surface area contributed by atoms with Crippen LogP contribution in [0.3, 0.4) is 0 Å². The summed E-state index contributed by atoms with van der Waals surface area (Å²) in [4.78, 5) is 24.6. The highest BCUT2D eigenvalue weighted by Gasteiger charge is 2.13. The molecule has 3 aromatic rings. The zero-order chi connectivity index (χ0) is 18.5. The third-order valence-electron chi connectivity index (χ3n) is 3.68. The van der Waals surface area contributed by atoms with Gasteiger partial charge in [0.25, 0.3) is 5.91 Å². The van der Waals surface area contributed by atoms with Crippen LogP contribution in [0.1, 0.15) is 45.0 Å². The number of nitrogens with zero attached hydrogens (tertiary/aromatic N) is 3. The van der Waals surface area contributed by atoms with Gasteiger partial charge in [0.15, 0.2) is 0 Å². The summed E-state index contributed by atoms with van der Waals surface area (Å²) < 4.78 is 0. The summed E-state index contributed by atoms with van der Waals surface area (Å²) in [5, 5.41) is 5.71. The fourth-order valence-corrected chi connectivity index (χ4v) is 2.88. The van der Waals surface area contributed by atoms with E-state index in [9.17, 15) is 4.79 Å². The maximum atomic E-state index is 12.5. The van der Waals surface area contributed by atoms with Crippen molar-refractivity contribution in [2.75, 3.05) is 5.73 Å². The number of nitrogens with two attached hydrogens (primary N) is 1. The molecule has 1 amide bonds. The van der Waals surface area contributed by atoms with E-state index in [4.69, 9.17) is 5.73 Å². The number of nitrogens with one attached hydrogen (secondary N) is 1. The number of carbonyl (C=O) groups is 1. The molecule has 0 bridgehead atoms. The second-order valence-electron chi connectivity index (χ2n) is 5.68. The molecule has 3 N–H and O–H groups in total. The zero-order valence-electron chi connectivity index (χ0n) is 14.4. The summed E-state index contributed by atoms with van der Waals surface area (Å²) in [6, 6.07) is 5.30. The van der Waals surface area contributed by atoms with Gasteiger partial charge in [0, 0.05) is 35.1 Å². The van der Waals surface area contributed by atoms with Crippen molar-refractivity contribution >= 4 is 23.2 Å². The second kappa shape index (κ2) is 7.76. The predicted molar refractivity (Wildman–Crippen MR) is 102 cm³/mol. The Bertz CT molecular complexity index is 971. The molecule has 0 radical (unpaired) electrons. The first-order valence-corrected chi connectivity index (χ1v) is 8.81. The predicted octanol–water partition coefficient (Wildman–Crippen LogP) is 2.71. The van der Waals surface area contributed by atoms with E-state index in [1.165, 1.54) is 11.3 Å². The normalized spacial score (nSPS) is 11.3. The number of nitrogen functional groups attached to an aromatic ring is 1. The molecule has 130 valence electrons. The number of thiazole rings is 1. The van der Waals surface area contributed by atoms with E-state index in [0.29, 0.717) is 11.1 Å². The summed E-state index contributed by atoms with van der Waals surface area (Å²) in [6.07, 6.45) is 4.86. The zero-order valence-corrected chi connectivity index (χ0v) is 15.2. The molecule has 0 saturated heterocycles. The Morgan fingerprint density at radius 3 is 2.69 bits per heavy atom. The van der Waals surface area contributed by atoms with E-state index in [0.717, 1.165) is 16.1 Å². The first kappa shape index (κ1) is 17.6. The van der Waals surface area contributed by atoms with Crippen molar-refractivity contribution in [1.82, 2.24) is 20.3 Å². The minimum atomic E-state index is -0.161. The number of anilines is 1. The lowest BCUT2D eigenvalue weighted by Crippen LogP contribution is -2.26. The average Bonchev–Trinajstić information content (AvgIpc) is 3.17. The van der Waals surface area contributed by atoms with Gasteiger partial charge >= 0.3 is 0 Å². The molecule has 0 saturated carbocycles. The minimum Gasteiger partial charge on any atom is -0.368 e. The lowest BCUT2D eigenvalue weighted by Gasteiger charge is -2.12. The molecule has 3 rings (SSSR count). The van der Waals surface area contributed by atoms with Gasteiger partial charge < -0.3 is 11.1 Å². The smallest absolute Gasteiger partial charge is 0.251 e. The number of hydrogen-bond acceptors (Lipinski definition) is 6. The number of aryl methyl sites for hydroxylation is 1. The first-order chi connectivity index (χ1) is 12.5. The van der Waals surface area contributed by atoms with Crippen molar-refractivity contribution in [2.45, 2.75) is 19.9 Å². The Hall–Kier alpha value is -3.24. The van der Waals surface area contributed by atoms with Crippen molar-refractivity contribution in [3.05, 3.63) is 69.4 Å². The Balaban J connectivity index is 1.79. The van der Waals surface area contributed by atoms with Crippen LogP contribution in [0, 0.1) is 18.8 Å². The summed E-state index contributed by atoms with van der Waals surface area (Å²) in [6.45, 7) is 3.86. The lowest BCUT2D eigenvalue weighted by molar-refractivity contribution is 0.0940. The van der Waals surface area contributed by atoms with Gasteiger partial charge in [-0.3, -0.25) is 4.79 Å². The third kappa shape index (κ3) is 4.23. The van der Waals surface area contributed by atoms with Gasteiger partial charge in [-0.2, -0.15) is 0 Å². The molecular weight excluding hydrogens is 346 g/mol. The molecule has 0 spiro atoms. The van der Waals surface area contributed by atoms with Crippen molar-refractivity contribution in [2.24, 2.45) is 0 Å². The van der Waals surface area contributed by atoms with Crippen LogP contribution in [0.25, 0.3) is 0 Å². The highest BCUT2D eigenvalue weighted by Crippen LogP contribution is 2.16. The lowest BCUT2D eigenvalue weighted by atomic mass is 10.0. The monoisotopic (exact) mass is 363 g/mol. The van der Waals surface area contributed by atoms with E-state index in [-0.39, 0.29) is 17.9 Å². The van der Waals surface area contributed by atoms with E-state index in [1.54, 1.807) is 30.7 Å². The minimum absolute atomic E-state index is 0.148. The molecule has 0 aliphatic carbocycles. The molecule has 0 aliphatic heterocycles. The fraction of sp³-hybridized carbons (Fsp3) is 0.158. The standard InChI is InChI=1S/C19H17N5OS/c1-12-3-5-16(17(25)24-13(2)18-21-7-8-26-18)9-15(12)6-4-14-10-22-19(20)23-11-14/h3,5,7-11,13H,1-2H3,(H,24,25)(H2,20,22,23)/t13-/m0/s1. The Morgan fingerprint density at radius 1 is 1.23 bits per heavy atom. The van der Waals surface area contributed by atoms with E-state index < -0.39 is 0 Å². The molecule has 1 atom stereocenters. The highest BCUT2D eigenvalue weighted by atomic mass is 32.1. The Labute approximate surface area is 155 Å². The van der Waals surface area contributed by atoms with Gasteiger partial charge in [0.2, 0.25) is 5.95 Å². The number of carbonyl (C=O) groups excluding carboxylic acids is 1. The topological polar surface area (TPSA) is 93.8 Å². The largest absolute Gasteiger partial charge is 0.368 e. The van der Waals surface area contributed by atoms with Crippen LogP contribution < -0.4 is 11.1 Å². The van der Waals surface area contributed by atoms with E-state index in [1.807, 2.05) is 25.3 Å². The van der Waals surface area contributed by atoms with Gasteiger partial charge in [0.05, 0.1) is 11.6 Å². The number of amides is 1. The fourth-order valence-electron chi connectivity index (χ4n) is 2.23. The molecular formula is C19H17N5OS. The van der Waals surface area contributed by atoms with Crippen molar-refractivity contribution in [3.8, 4) is 11.8 Å². The van der Waals surface area contributed by atoms with E-state index >= 15 is 0 Å². The Kier molecular flexibility index (Phi) is 5.25. The second-order valence-corrected chi connectivity index (χ2v) is 6.60. The van der Waals surface area contributed by atoms with Gasteiger partial charge in [-0.05, 0) is 31.5 Å². The van der Waals surface area contributed by atoms with Crippen LogP contribution >= 0.6 is 11.3 Å². The molecule has 0 fully saturated rings. The number of aromatic nitrogens is 3. The maximum absolute atomic E-state index is 12.5. The molecule has 7 heteroatoms. The molecule has 0 aliphatic rings. The maximum Gasteiger partial charge on any atom is 0.251 e. The third-order valence-corrected chi connectivity index (χ3v) is 4.64. The number of rotatable bonds is 3. The first-order valence-electron chi connectivity index (χ1n) is 7.93. The summed E-state index contributed by atoms with van der Waals surface area (Å²) in [5.74, 6) is 6.10. The van der Waals surface area contributed by atoms with Crippen LogP contribution in [0.5, 0.6) is 0 Å². The molecule has 26 heavy (non-hydrogen) atoms. The van der Waals surface area contributed by atoms with Gasteiger partial charge in [-0.15, -0.1) is 11.3 Å². The highest BCUT2D eigenvalue weighted by molar-refractivity contribution is 7.09. The number of benzene rings is 1. The molecule has 0 unspecified atom stereocenters. The van der Waals surface area contributed by atoms with Crippen molar-refractivity contribution < 1.29 is 4.79 Å². The molecule has 1 aromatic carbocycles. The summed E-state index contributed by atoms with van der Waals surface area (Å²) in [7, 11) is 0. The van der Waals surface area contributed by atoms with Gasteiger partial charge in [-0.1, -0.05) is 17.9 Å². The van der Waals surface area contributed by atoms with Crippen LogP contribution in [-0.4, -0.2) is 20.9 Å². The van der Waals surface area contributed by atoms with Crippen LogP contribution in [-0.2, 0) is 0 Å². The summed E-state index contributed by atoms with van der Waals surface area (Å²) >= 11 is 1.51. The van der Waals surface area contributed by atoms with Crippen LogP contribution in [0.15, 0.2) is 42.2 Å². The number of hydrogen-bond donors (Lipinski definition) is 2. The quantitative estimate of drug-likeness (QED) is 0.698. The molecule has 2 aromatic heterocycles. The molecule has 6 nitrogen and oxygen atoms in total. The van der Waals surface area contributed by atoms with E-state index in [2.05, 4.69) is 32.1 Å². The van der Waals surface area contributed by atoms with Gasteiger partial charge in [-0.25, -0.2) is 15.0 Å². The van der Waals surface area contributed by atoms with Crippen LogP contribution in [0.2, 0.25) is 0 Å². The Morgan fingerprint density at radius 2 is 2.00 bits per heavy atom. The van der Waals surface area contributed by atoms with Crippen LogP contribution in [0.4, 0.5) is 5.95 Å². The average molecular weight is 363 g/mol. The van der Waals surface area contributed by atoms with Gasteiger partial charge in [0.1, 0.15) is 5.01 Å². The SMILES string of the molecule is Cc1ccc(C(=O)N[C@@H](C)c2nccs2)cc1C#Cc1cnc(N)nc1. The molecule has 2 heterocycles. The van der Waals surface area contributed by atoms with Crippen molar-refractivity contribution in [3.63, 3.8) is 0 Å². The van der Waals surface area contributed by atoms with Crippen molar-refractivity contribution in [1.29, 1.82) is 0 Å². The summed E-state index contributed by atoms with van der Waals surface area (Å²) in [5.41, 5.74) is 8.44.